The Bertz CT molecular complexity index is 2690. The molecule has 104 heavy (non-hydrogen) atoms. The van der Waals surface area contributed by atoms with E-state index in [0.717, 1.165) is 167 Å². The number of rotatable bonds is 71. The Morgan fingerprint density at radius 1 is 0.288 bits per heavy atom. The molecule has 0 spiro atoms. The molecule has 0 saturated carbocycles. The normalized spacial score (nSPS) is 14.9. The fourth-order valence-electron chi connectivity index (χ4n) is 9.55. The lowest BCUT2D eigenvalue weighted by Gasteiger charge is -2.21. The number of aliphatic hydroxyl groups excluding tert-OH is 1. The summed E-state index contributed by atoms with van der Waals surface area (Å²) in [4.78, 5) is 72.9. The van der Waals surface area contributed by atoms with Crippen LogP contribution < -0.4 is 0 Å². The van der Waals surface area contributed by atoms with E-state index < -0.39 is 97.5 Å². The number of carbonyl (C=O) groups excluding carboxylic acids is 4. The summed E-state index contributed by atoms with van der Waals surface area (Å²) >= 11 is 0. The minimum atomic E-state index is -5.02. The highest BCUT2D eigenvalue weighted by Crippen LogP contribution is 2.45. The van der Waals surface area contributed by atoms with Crippen LogP contribution in [0.25, 0.3) is 0 Å². The van der Waals surface area contributed by atoms with Gasteiger partial charge in [-0.2, -0.15) is 0 Å². The van der Waals surface area contributed by atoms with Gasteiger partial charge in [0.15, 0.2) is 12.2 Å². The second-order valence-electron chi connectivity index (χ2n) is 25.2. The third-order valence-corrected chi connectivity index (χ3v) is 17.3. The van der Waals surface area contributed by atoms with Gasteiger partial charge >= 0.3 is 39.5 Å². The summed E-state index contributed by atoms with van der Waals surface area (Å²) in [6.07, 6.45) is 90.6. The Morgan fingerprint density at radius 2 is 0.548 bits per heavy atom. The summed E-state index contributed by atoms with van der Waals surface area (Å²) in [5, 5.41) is 10.6. The number of aliphatic hydroxyl groups is 1. The van der Waals surface area contributed by atoms with Crippen LogP contribution in [-0.2, 0) is 65.4 Å². The molecule has 19 heteroatoms. The number of esters is 4. The van der Waals surface area contributed by atoms with Crippen LogP contribution >= 0.6 is 15.6 Å². The third kappa shape index (κ3) is 74.4. The number of allylic oxidation sites excluding steroid dienone is 29. The lowest BCUT2D eigenvalue weighted by molar-refractivity contribution is -0.161. The number of ether oxygens (including phenoxy) is 4. The quantitative estimate of drug-likeness (QED) is 0.0169. The summed E-state index contributed by atoms with van der Waals surface area (Å²) < 4.78 is 68.3. The van der Waals surface area contributed by atoms with Crippen molar-refractivity contribution in [2.45, 2.75) is 290 Å². The molecule has 0 aromatic rings. The molecule has 588 valence electrons. The average molecular weight is 1490 g/mol. The highest BCUT2D eigenvalue weighted by Gasteiger charge is 2.30. The molecule has 0 aromatic heterocycles. The molecule has 5 atom stereocenters. The first-order valence-electron chi connectivity index (χ1n) is 39.0. The van der Waals surface area contributed by atoms with Crippen LogP contribution in [0.15, 0.2) is 182 Å². The molecule has 0 bridgehead atoms. The molecule has 0 aliphatic rings. The smallest absolute Gasteiger partial charge is 0.462 e. The van der Waals surface area contributed by atoms with Crippen molar-refractivity contribution in [1.82, 2.24) is 0 Å². The van der Waals surface area contributed by atoms with E-state index in [9.17, 15) is 43.2 Å². The molecule has 0 heterocycles. The molecule has 0 aromatic carbocycles. The Morgan fingerprint density at radius 3 is 0.894 bits per heavy atom. The van der Waals surface area contributed by atoms with E-state index in [2.05, 4.69) is 174 Å². The molecule has 0 rings (SSSR count). The zero-order valence-corrected chi connectivity index (χ0v) is 65.9. The lowest BCUT2D eigenvalue weighted by Crippen LogP contribution is -2.30. The van der Waals surface area contributed by atoms with Crippen LogP contribution in [0.2, 0.25) is 0 Å². The molecule has 0 amide bonds. The lowest BCUT2D eigenvalue weighted by atomic mass is 10.1. The molecule has 0 radical (unpaired) electrons. The summed E-state index contributed by atoms with van der Waals surface area (Å²) in [5.74, 6) is -2.44. The summed E-state index contributed by atoms with van der Waals surface area (Å²) in [6.45, 7) is 4.27. The Labute approximate surface area is 628 Å². The van der Waals surface area contributed by atoms with Crippen LogP contribution in [-0.4, -0.2) is 96.7 Å². The first-order valence-corrected chi connectivity index (χ1v) is 42.0. The minimum Gasteiger partial charge on any atom is -0.462 e. The van der Waals surface area contributed by atoms with Crippen molar-refractivity contribution >= 4 is 39.5 Å². The first kappa shape index (κ1) is 98.2. The molecular weight excluding hydrogens is 1350 g/mol. The average Bonchev–Trinajstić information content (AvgIpc) is 0.937. The van der Waals surface area contributed by atoms with Gasteiger partial charge in [-0.25, -0.2) is 9.13 Å². The predicted molar refractivity (Wildman–Crippen MR) is 426 cm³/mol. The van der Waals surface area contributed by atoms with E-state index in [1.54, 1.807) is 12.2 Å². The van der Waals surface area contributed by atoms with Gasteiger partial charge in [0.25, 0.3) is 0 Å². The van der Waals surface area contributed by atoms with E-state index in [4.69, 9.17) is 37.0 Å². The van der Waals surface area contributed by atoms with E-state index >= 15 is 0 Å². The van der Waals surface area contributed by atoms with Crippen molar-refractivity contribution < 1.29 is 80.2 Å². The van der Waals surface area contributed by atoms with Gasteiger partial charge in [-0.1, -0.05) is 274 Å². The van der Waals surface area contributed by atoms with Crippen LogP contribution in [0.1, 0.15) is 272 Å². The molecule has 3 N–H and O–H groups in total. The number of hydrogen-bond acceptors (Lipinski definition) is 15. The minimum absolute atomic E-state index is 0.0564. The molecule has 0 fully saturated rings. The summed E-state index contributed by atoms with van der Waals surface area (Å²) in [7, 11) is -10.0. The SMILES string of the molecule is CC/C=C\C/C=C\C/C=C\C/C=C\C/C=C\CCCC(=O)OCC(COP(=O)(O)OCC(O)COP(=O)(O)OCC(COC(=O)CCCCCCCCC/C=C\C/C=C\C/C=C\CC)OC(=O)CCCCCCC/C=C\C/C=C\CCCCC)OC(=O)C/C=C\C/C=C\C/C=C\C/C=C\C/C=C\CC. The van der Waals surface area contributed by atoms with E-state index in [-0.39, 0.29) is 25.7 Å². The van der Waals surface area contributed by atoms with Gasteiger partial charge in [-0.05, 0) is 154 Å². The van der Waals surface area contributed by atoms with E-state index in [0.29, 0.717) is 32.1 Å². The fraction of sp³-hybridized carbons (Fsp3) is 0.600. The van der Waals surface area contributed by atoms with E-state index in [1.807, 2.05) is 24.3 Å². The first-order chi connectivity index (χ1) is 50.7. The summed E-state index contributed by atoms with van der Waals surface area (Å²) in [5.41, 5.74) is 0. The van der Waals surface area contributed by atoms with Gasteiger partial charge in [0.1, 0.15) is 19.3 Å². The standard InChI is InChI=1S/C85H136O17P2/c1-5-9-13-17-21-25-29-33-37-39-43-45-49-53-57-61-65-69-82(87)95-75-80(101-84(89)71-67-63-59-55-51-47-41-35-31-27-23-19-15-11-7-3)77-99-103(91,92)97-73-79(86)74-98-104(93,94)100-78-81(102-85(90)72-68-64-60-56-52-48-42-36-32-28-24-20-16-12-8-4)76-96-83(88)70-66-62-58-54-50-46-44-40-38-34-30-26-22-18-14-10-6-2/h9-11,13-15,21-28,33-38,41-43,45,51,53,55,57,63,67,79-81,86H,5-8,12,16-20,29-32,39-40,44,46-50,52,54,56,58-62,64-66,68-78H2,1-4H3,(H,91,92)(H,93,94)/b13-9-,14-10-,15-11-,25-21-,26-22-,27-23-,28-24-,37-33-,38-34-,41-35-,42-36-,45-43-,55-51-,57-53-,67-63-. The second-order valence-corrected chi connectivity index (χ2v) is 28.1. The van der Waals surface area contributed by atoms with Crippen LogP contribution in [0.3, 0.4) is 0 Å². The third-order valence-electron chi connectivity index (χ3n) is 15.4. The zero-order chi connectivity index (χ0) is 76.0. The Hall–Kier alpha value is -5.84. The van der Waals surface area contributed by atoms with E-state index in [1.165, 1.54) is 19.3 Å². The summed E-state index contributed by atoms with van der Waals surface area (Å²) in [6, 6.07) is 0. The van der Waals surface area contributed by atoms with Crippen LogP contribution in [0.5, 0.6) is 0 Å². The monoisotopic (exact) mass is 1490 g/mol. The predicted octanol–water partition coefficient (Wildman–Crippen LogP) is 22.8. The Balaban J connectivity index is 5.51. The highest BCUT2D eigenvalue weighted by molar-refractivity contribution is 7.47. The molecule has 5 unspecified atom stereocenters. The molecule has 0 aliphatic carbocycles. The maximum Gasteiger partial charge on any atom is 0.472 e. The molecule has 17 nitrogen and oxygen atoms in total. The maximum atomic E-state index is 13.1. The van der Waals surface area contributed by atoms with Crippen molar-refractivity contribution in [3.05, 3.63) is 182 Å². The van der Waals surface area contributed by atoms with Gasteiger partial charge in [0.2, 0.25) is 0 Å². The van der Waals surface area contributed by atoms with Crippen LogP contribution in [0.4, 0.5) is 0 Å². The van der Waals surface area contributed by atoms with Crippen molar-refractivity contribution in [2.24, 2.45) is 0 Å². The van der Waals surface area contributed by atoms with Crippen molar-refractivity contribution in [2.75, 3.05) is 39.6 Å². The van der Waals surface area contributed by atoms with Gasteiger partial charge in [-0.15, -0.1) is 0 Å². The van der Waals surface area contributed by atoms with Gasteiger partial charge < -0.3 is 33.8 Å². The zero-order valence-electron chi connectivity index (χ0n) is 64.1. The molecule has 0 aliphatic heterocycles. The fourth-order valence-corrected chi connectivity index (χ4v) is 11.1. The number of phosphoric ester groups is 2. The van der Waals surface area contributed by atoms with Crippen molar-refractivity contribution in [1.29, 1.82) is 0 Å². The Kier molecular flexibility index (Phi) is 71.2. The van der Waals surface area contributed by atoms with Gasteiger partial charge in [0.05, 0.1) is 32.8 Å². The number of carbonyl (C=O) groups is 4. The van der Waals surface area contributed by atoms with Crippen molar-refractivity contribution in [3.63, 3.8) is 0 Å². The molecular formula is C85H136O17P2. The number of phosphoric acid groups is 2. The second kappa shape index (κ2) is 75.4. The highest BCUT2D eigenvalue weighted by atomic mass is 31.2. The number of unbranched alkanes of at least 4 members (excludes halogenated alkanes) is 16. The van der Waals surface area contributed by atoms with Crippen LogP contribution in [0, 0.1) is 0 Å². The van der Waals surface area contributed by atoms with Gasteiger partial charge in [0, 0.05) is 19.3 Å². The maximum absolute atomic E-state index is 13.1. The molecule has 0 saturated heterocycles. The van der Waals surface area contributed by atoms with Crippen molar-refractivity contribution in [3.8, 4) is 0 Å². The topological polar surface area (TPSA) is 237 Å². The van der Waals surface area contributed by atoms with Gasteiger partial charge in [-0.3, -0.25) is 37.3 Å². The largest absolute Gasteiger partial charge is 0.472 e. The number of hydrogen-bond donors (Lipinski definition) is 3.